The van der Waals surface area contributed by atoms with Crippen molar-refractivity contribution in [1.29, 1.82) is 0 Å². The highest BCUT2D eigenvalue weighted by Gasteiger charge is 2.05. The summed E-state index contributed by atoms with van der Waals surface area (Å²) in [5.74, 6) is 2.75. The molecule has 0 aliphatic heterocycles. The summed E-state index contributed by atoms with van der Waals surface area (Å²) >= 11 is 0. The topological polar surface area (TPSA) is 77.0 Å². The van der Waals surface area contributed by atoms with E-state index < -0.39 is 0 Å². The zero-order valence-electron chi connectivity index (χ0n) is 16.1. The number of nitrogens with one attached hydrogen (secondary N) is 2. The highest BCUT2D eigenvalue weighted by molar-refractivity contribution is 14.0. The SMILES string of the molecule is CCNC(=NCc1ccc(OC)nc1)NCc1ccc(OC)c(OC)c1.I. The predicted molar refractivity (Wildman–Crippen MR) is 117 cm³/mol. The maximum Gasteiger partial charge on any atom is 0.212 e. The fraction of sp³-hybridized carbons (Fsp3) is 0.368. The van der Waals surface area contributed by atoms with E-state index in [-0.39, 0.29) is 24.0 Å². The molecule has 0 amide bonds. The summed E-state index contributed by atoms with van der Waals surface area (Å²) in [4.78, 5) is 8.78. The van der Waals surface area contributed by atoms with Crippen molar-refractivity contribution in [3.63, 3.8) is 0 Å². The lowest BCUT2D eigenvalue weighted by atomic mass is 10.2. The number of benzene rings is 1. The highest BCUT2D eigenvalue weighted by Crippen LogP contribution is 2.27. The second-order valence-electron chi connectivity index (χ2n) is 5.45. The molecule has 0 aliphatic carbocycles. The van der Waals surface area contributed by atoms with Gasteiger partial charge in [-0.15, -0.1) is 24.0 Å². The summed E-state index contributed by atoms with van der Waals surface area (Å²) in [5, 5.41) is 6.55. The molecule has 1 aromatic heterocycles. The molecule has 0 bridgehead atoms. The third kappa shape index (κ3) is 7.12. The Morgan fingerprint density at radius 1 is 0.963 bits per heavy atom. The van der Waals surface area contributed by atoms with Crippen LogP contribution in [0.15, 0.2) is 41.5 Å². The number of methoxy groups -OCH3 is 3. The average molecular weight is 486 g/mol. The first-order valence-corrected chi connectivity index (χ1v) is 8.42. The van der Waals surface area contributed by atoms with Gasteiger partial charge in [-0.2, -0.15) is 0 Å². The number of guanidine groups is 1. The van der Waals surface area contributed by atoms with Crippen LogP contribution in [0.1, 0.15) is 18.1 Å². The number of ether oxygens (including phenoxy) is 3. The van der Waals surface area contributed by atoms with E-state index >= 15 is 0 Å². The minimum atomic E-state index is 0. The molecule has 27 heavy (non-hydrogen) atoms. The lowest BCUT2D eigenvalue weighted by molar-refractivity contribution is 0.354. The molecule has 2 N–H and O–H groups in total. The monoisotopic (exact) mass is 486 g/mol. The van der Waals surface area contributed by atoms with Gasteiger partial charge in [0, 0.05) is 25.4 Å². The summed E-state index contributed by atoms with van der Waals surface area (Å²) < 4.78 is 15.7. The van der Waals surface area contributed by atoms with Crippen molar-refractivity contribution in [2.75, 3.05) is 27.9 Å². The summed E-state index contributed by atoms with van der Waals surface area (Å²) in [6.45, 7) is 3.95. The Morgan fingerprint density at radius 2 is 1.70 bits per heavy atom. The number of aliphatic imine (C=N–C) groups is 1. The number of aromatic nitrogens is 1. The van der Waals surface area contributed by atoms with Gasteiger partial charge in [-0.1, -0.05) is 12.1 Å². The molecule has 0 radical (unpaired) electrons. The van der Waals surface area contributed by atoms with Gasteiger partial charge in [-0.05, 0) is 30.2 Å². The van der Waals surface area contributed by atoms with E-state index in [1.807, 2.05) is 37.3 Å². The number of hydrogen-bond acceptors (Lipinski definition) is 5. The van der Waals surface area contributed by atoms with Gasteiger partial charge in [0.25, 0.3) is 0 Å². The van der Waals surface area contributed by atoms with Crippen molar-refractivity contribution in [1.82, 2.24) is 15.6 Å². The lowest BCUT2D eigenvalue weighted by Gasteiger charge is -2.13. The van der Waals surface area contributed by atoms with Gasteiger partial charge in [0.05, 0.1) is 27.9 Å². The van der Waals surface area contributed by atoms with E-state index in [9.17, 15) is 0 Å². The van der Waals surface area contributed by atoms with Crippen molar-refractivity contribution in [3.8, 4) is 17.4 Å². The smallest absolute Gasteiger partial charge is 0.212 e. The van der Waals surface area contributed by atoms with Gasteiger partial charge in [0.15, 0.2) is 17.5 Å². The van der Waals surface area contributed by atoms with Crippen molar-refractivity contribution in [2.45, 2.75) is 20.0 Å². The second kappa shape index (κ2) is 12.2. The average Bonchev–Trinajstić information content (AvgIpc) is 2.70. The van der Waals surface area contributed by atoms with Crippen LogP contribution in [-0.4, -0.2) is 38.8 Å². The molecule has 8 heteroatoms. The molecule has 0 fully saturated rings. The molecular weight excluding hydrogens is 459 g/mol. The fourth-order valence-corrected chi connectivity index (χ4v) is 2.31. The first-order valence-electron chi connectivity index (χ1n) is 8.42. The van der Waals surface area contributed by atoms with E-state index in [4.69, 9.17) is 14.2 Å². The molecule has 0 unspecified atom stereocenters. The maximum atomic E-state index is 5.34. The Balaban J connectivity index is 0.00000364. The van der Waals surface area contributed by atoms with E-state index in [0.717, 1.165) is 23.6 Å². The molecule has 0 atom stereocenters. The fourth-order valence-electron chi connectivity index (χ4n) is 2.31. The van der Waals surface area contributed by atoms with Crippen LogP contribution in [0.4, 0.5) is 0 Å². The number of pyridine rings is 1. The Bertz CT molecular complexity index is 723. The van der Waals surface area contributed by atoms with Gasteiger partial charge in [-0.25, -0.2) is 9.98 Å². The third-order valence-electron chi connectivity index (χ3n) is 3.68. The van der Waals surface area contributed by atoms with Crippen LogP contribution >= 0.6 is 24.0 Å². The van der Waals surface area contributed by atoms with Gasteiger partial charge in [0.2, 0.25) is 5.88 Å². The number of rotatable bonds is 8. The van der Waals surface area contributed by atoms with Crippen LogP contribution in [0.3, 0.4) is 0 Å². The zero-order valence-corrected chi connectivity index (χ0v) is 18.4. The summed E-state index contributed by atoms with van der Waals surface area (Å²) in [6, 6.07) is 9.61. The van der Waals surface area contributed by atoms with Gasteiger partial charge in [0.1, 0.15) is 0 Å². The van der Waals surface area contributed by atoms with Crippen LogP contribution in [0, 0.1) is 0 Å². The maximum absolute atomic E-state index is 5.34. The first-order chi connectivity index (χ1) is 12.7. The number of nitrogens with zero attached hydrogens (tertiary/aromatic N) is 2. The summed E-state index contributed by atoms with van der Waals surface area (Å²) in [6.07, 6.45) is 1.76. The van der Waals surface area contributed by atoms with E-state index in [1.54, 1.807) is 27.5 Å². The first kappa shape index (κ1) is 22.8. The highest BCUT2D eigenvalue weighted by atomic mass is 127. The Hall–Kier alpha value is -2.23. The lowest BCUT2D eigenvalue weighted by Crippen LogP contribution is -2.36. The van der Waals surface area contributed by atoms with Gasteiger partial charge < -0.3 is 24.8 Å². The van der Waals surface area contributed by atoms with Crippen molar-refractivity contribution < 1.29 is 14.2 Å². The Labute approximate surface area is 177 Å². The quantitative estimate of drug-likeness (QED) is 0.340. The molecule has 148 valence electrons. The molecule has 2 aromatic rings. The van der Waals surface area contributed by atoms with Gasteiger partial charge >= 0.3 is 0 Å². The van der Waals surface area contributed by atoms with Crippen LogP contribution < -0.4 is 24.8 Å². The molecular formula is C19H27IN4O3. The largest absolute Gasteiger partial charge is 0.493 e. The predicted octanol–water partition coefficient (Wildman–Crippen LogP) is 2.98. The molecule has 1 aromatic carbocycles. The summed E-state index contributed by atoms with van der Waals surface area (Å²) in [7, 11) is 4.85. The van der Waals surface area contributed by atoms with E-state index in [2.05, 4.69) is 20.6 Å². The summed E-state index contributed by atoms with van der Waals surface area (Å²) in [5.41, 5.74) is 2.08. The molecule has 0 saturated carbocycles. The molecule has 0 saturated heterocycles. The van der Waals surface area contributed by atoms with E-state index in [0.29, 0.717) is 30.5 Å². The van der Waals surface area contributed by atoms with Crippen LogP contribution in [0.5, 0.6) is 17.4 Å². The number of hydrogen-bond donors (Lipinski definition) is 2. The normalized spacial score (nSPS) is 10.6. The van der Waals surface area contributed by atoms with Gasteiger partial charge in [-0.3, -0.25) is 0 Å². The van der Waals surface area contributed by atoms with Crippen LogP contribution in [-0.2, 0) is 13.1 Å². The molecule has 0 aliphatic rings. The standard InChI is InChI=1S/C19H26N4O3.HI/c1-5-20-19(23-13-15-7-9-18(26-4)21-12-15)22-11-14-6-8-16(24-2)17(10-14)25-3;/h6-10,12H,5,11,13H2,1-4H3,(H2,20,22,23);1H. The second-order valence-corrected chi connectivity index (χ2v) is 5.45. The third-order valence-corrected chi connectivity index (χ3v) is 3.68. The van der Waals surface area contributed by atoms with Crippen molar-refractivity contribution >= 4 is 29.9 Å². The Kier molecular flexibility index (Phi) is 10.3. The van der Waals surface area contributed by atoms with E-state index in [1.165, 1.54) is 0 Å². The van der Waals surface area contributed by atoms with Crippen LogP contribution in [0.2, 0.25) is 0 Å². The van der Waals surface area contributed by atoms with Crippen molar-refractivity contribution in [2.24, 2.45) is 4.99 Å². The minimum absolute atomic E-state index is 0. The number of halogens is 1. The van der Waals surface area contributed by atoms with Crippen LogP contribution in [0.25, 0.3) is 0 Å². The molecule has 2 rings (SSSR count). The molecule has 7 nitrogen and oxygen atoms in total. The molecule has 1 heterocycles. The van der Waals surface area contributed by atoms with Crippen molar-refractivity contribution in [3.05, 3.63) is 47.7 Å². The minimum Gasteiger partial charge on any atom is -0.493 e. The molecule has 0 spiro atoms. The zero-order chi connectivity index (χ0) is 18.8. The Morgan fingerprint density at radius 3 is 2.30 bits per heavy atom.